The van der Waals surface area contributed by atoms with E-state index < -0.39 is 0 Å². The number of carbonyl (C=O) groups excluding carboxylic acids is 2. The zero-order chi connectivity index (χ0) is 25.1. The number of allylic oxidation sites excluding steroid dienone is 1. The average Bonchev–Trinajstić information content (AvgIpc) is 3.49. The molecule has 190 valence electrons. The molecule has 2 unspecified atom stereocenters. The third-order valence-electron chi connectivity index (χ3n) is 7.58. The number of nitrogens with zero attached hydrogens (tertiary/aromatic N) is 3. The summed E-state index contributed by atoms with van der Waals surface area (Å²) in [5.74, 6) is 0.518. The molecule has 6 heterocycles. The molecule has 0 saturated carbocycles. The van der Waals surface area contributed by atoms with Crippen LogP contribution in [0.1, 0.15) is 28.8 Å². The lowest BCUT2D eigenvalue weighted by Crippen LogP contribution is -2.57. The molecule has 3 fully saturated rings. The second kappa shape index (κ2) is 8.60. The van der Waals surface area contributed by atoms with Gasteiger partial charge in [-0.3, -0.25) is 4.79 Å². The van der Waals surface area contributed by atoms with Crippen LogP contribution in [0, 0.1) is 0 Å². The number of benzene rings is 1. The molecular weight excluding hydrogens is 472 g/mol. The highest BCUT2D eigenvalue weighted by molar-refractivity contribution is 6.16. The van der Waals surface area contributed by atoms with Crippen molar-refractivity contribution in [1.29, 1.82) is 0 Å². The van der Waals surface area contributed by atoms with Crippen LogP contribution in [-0.4, -0.2) is 65.8 Å². The average molecular weight is 501 g/mol. The number of hydrogen-bond acceptors (Lipinski definition) is 7. The zero-order valence-electron chi connectivity index (χ0n) is 20.5. The van der Waals surface area contributed by atoms with E-state index in [1.165, 1.54) is 0 Å². The third-order valence-corrected chi connectivity index (χ3v) is 7.58. The maximum absolute atomic E-state index is 13.3. The van der Waals surface area contributed by atoms with Crippen LogP contribution in [0.15, 0.2) is 42.4 Å². The highest BCUT2D eigenvalue weighted by atomic mass is 16.5. The topological polar surface area (TPSA) is 110 Å². The Morgan fingerprint density at radius 1 is 1.19 bits per heavy atom. The number of morpholine rings is 1. The predicted molar refractivity (Wildman–Crippen MR) is 139 cm³/mol. The predicted octanol–water partition coefficient (Wildman–Crippen LogP) is 2.65. The van der Waals surface area contributed by atoms with Crippen LogP contribution in [-0.2, 0) is 11.8 Å². The molecule has 2 aromatic heterocycles. The lowest BCUT2D eigenvalue weighted by Gasteiger charge is -2.34. The number of nitrogens with one attached hydrogen (secondary N) is 3. The van der Waals surface area contributed by atoms with Gasteiger partial charge in [0.2, 0.25) is 5.78 Å². The molecule has 3 aromatic rings. The maximum Gasteiger partial charge on any atom is 0.319 e. The number of aryl methyl sites for hydroxylation is 1. The van der Waals surface area contributed by atoms with Gasteiger partial charge in [-0.05, 0) is 43.2 Å². The fourth-order valence-corrected chi connectivity index (χ4v) is 5.66. The van der Waals surface area contributed by atoms with E-state index in [1.54, 1.807) is 24.3 Å². The number of urea groups is 1. The number of carbonyl (C=O) groups is 2. The van der Waals surface area contributed by atoms with E-state index in [4.69, 9.17) is 9.47 Å². The second-order valence-electron chi connectivity index (χ2n) is 10.2. The van der Waals surface area contributed by atoms with E-state index in [1.807, 2.05) is 30.1 Å². The zero-order valence-corrected chi connectivity index (χ0v) is 20.5. The number of hydrogen-bond donors (Lipinski definition) is 3. The normalized spacial score (nSPS) is 23.8. The van der Waals surface area contributed by atoms with Crippen LogP contribution in [0.25, 0.3) is 17.1 Å². The number of fused-ring (bicyclic) bond motifs is 4. The number of aromatic nitrogens is 2. The SMILES string of the molecule is Cn1cc(/C=C2\Oc3ccc(NC(=O)NC4CNC4)cc3C2=O)c2c(N3CC4CCC(C3)O4)ccnc21. The first-order valence-electron chi connectivity index (χ1n) is 12.7. The molecule has 3 saturated heterocycles. The van der Waals surface area contributed by atoms with Crippen LogP contribution in [0.2, 0.25) is 0 Å². The Morgan fingerprint density at radius 2 is 2.00 bits per heavy atom. The minimum atomic E-state index is -0.291. The molecule has 37 heavy (non-hydrogen) atoms. The first-order valence-corrected chi connectivity index (χ1v) is 12.7. The number of anilines is 2. The van der Waals surface area contributed by atoms with Crippen LogP contribution in [0.5, 0.6) is 5.75 Å². The molecule has 2 amide bonds. The van der Waals surface area contributed by atoms with E-state index in [9.17, 15) is 9.59 Å². The molecule has 0 aliphatic carbocycles. The van der Waals surface area contributed by atoms with Gasteiger partial charge >= 0.3 is 6.03 Å². The van der Waals surface area contributed by atoms with E-state index in [-0.39, 0.29) is 35.8 Å². The number of ketones is 1. The summed E-state index contributed by atoms with van der Waals surface area (Å²) in [4.78, 5) is 32.6. The quantitative estimate of drug-likeness (QED) is 0.473. The van der Waals surface area contributed by atoms with E-state index in [2.05, 4.69) is 25.8 Å². The monoisotopic (exact) mass is 500 g/mol. The van der Waals surface area contributed by atoms with Gasteiger partial charge in [0.25, 0.3) is 0 Å². The van der Waals surface area contributed by atoms with Crippen molar-refractivity contribution in [2.45, 2.75) is 31.1 Å². The van der Waals surface area contributed by atoms with Crippen molar-refractivity contribution < 1.29 is 19.1 Å². The number of ether oxygens (including phenoxy) is 2. The molecule has 10 nitrogen and oxygen atoms in total. The van der Waals surface area contributed by atoms with Crippen molar-refractivity contribution in [2.75, 3.05) is 36.4 Å². The summed E-state index contributed by atoms with van der Waals surface area (Å²) in [6.07, 6.45) is 8.33. The number of rotatable bonds is 4. The number of amides is 2. The van der Waals surface area contributed by atoms with Gasteiger partial charge < -0.3 is 34.9 Å². The van der Waals surface area contributed by atoms with Crippen molar-refractivity contribution >= 4 is 40.3 Å². The first kappa shape index (κ1) is 22.3. The van der Waals surface area contributed by atoms with Crippen molar-refractivity contribution in [2.24, 2.45) is 7.05 Å². The first-order chi connectivity index (χ1) is 18.0. The number of pyridine rings is 1. The molecule has 1 aromatic carbocycles. The molecule has 4 aliphatic rings. The van der Waals surface area contributed by atoms with Gasteiger partial charge in [0, 0.05) is 62.3 Å². The molecule has 2 bridgehead atoms. The van der Waals surface area contributed by atoms with Gasteiger partial charge in [-0.25, -0.2) is 9.78 Å². The Balaban J connectivity index is 1.18. The van der Waals surface area contributed by atoms with E-state index in [0.717, 1.165) is 61.3 Å². The van der Waals surface area contributed by atoms with Gasteiger partial charge in [0.1, 0.15) is 11.4 Å². The van der Waals surface area contributed by atoms with Crippen LogP contribution in [0.4, 0.5) is 16.2 Å². The van der Waals surface area contributed by atoms with Crippen LogP contribution in [0.3, 0.4) is 0 Å². The molecule has 4 aliphatic heterocycles. The molecular formula is C27H28N6O4. The van der Waals surface area contributed by atoms with Crippen molar-refractivity contribution in [1.82, 2.24) is 20.2 Å². The largest absolute Gasteiger partial charge is 0.452 e. The molecule has 10 heteroatoms. The fourth-order valence-electron chi connectivity index (χ4n) is 5.66. The molecule has 7 rings (SSSR count). The Kier molecular flexibility index (Phi) is 5.19. The minimum absolute atomic E-state index is 0.127. The van der Waals surface area contributed by atoms with Crippen LogP contribution < -0.4 is 25.6 Å². The summed E-state index contributed by atoms with van der Waals surface area (Å²) in [5, 5.41) is 9.80. The van der Waals surface area contributed by atoms with Gasteiger partial charge in [0.05, 0.1) is 29.5 Å². The fraction of sp³-hybridized carbons (Fsp3) is 0.370. The van der Waals surface area contributed by atoms with E-state index in [0.29, 0.717) is 17.0 Å². The summed E-state index contributed by atoms with van der Waals surface area (Å²) in [5.41, 5.74) is 3.80. The highest BCUT2D eigenvalue weighted by Gasteiger charge is 2.35. The smallest absolute Gasteiger partial charge is 0.319 e. The van der Waals surface area contributed by atoms with Crippen molar-refractivity contribution in [3.05, 3.63) is 53.5 Å². The standard InChI is InChI=1S/C27H28N6O4/c1-32-12-15(24-21(6-7-29-26(24)32)33-13-18-3-4-19(14-33)36-18)8-23-25(34)20-9-16(2-5-22(20)37-23)30-27(35)31-17-10-28-11-17/h2,5-9,12,17-19,28H,3-4,10-11,13-14H2,1H3,(H2,30,31,35)/b23-8-. The lowest BCUT2D eigenvalue weighted by molar-refractivity contribution is 0.0306. The van der Waals surface area contributed by atoms with Gasteiger partial charge in [-0.2, -0.15) is 0 Å². The summed E-state index contributed by atoms with van der Waals surface area (Å²) in [6, 6.07) is 7.00. The summed E-state index contributed by atoms with van der Waals surface area (Å²) in [6.45, 7) is 3.22. The lowest BCUT2D eigenvalue weighted by atomic mass is 10.1. The highest BCUT2D eigenvalue weighted by Crippen LogP contribution is 2.38. The van der Waals surface area contributed by atoms with Gasteiger partial charge in [-0.1, -0.05) is 0 Å². The number of Topliss-reactive ketones (excluding diaryl/α,β-unsaturated/α-hetero) is 1. The summed E-state index contributed by atoms with van der Waals surface area (Å²) < 4.78 is 14.0. The Morgan fingerprint density at radius 3 is 2.76 bits per heavy atom. The second-order valence-corrected chi connectivity index (χ2v) is 10.2. The molecule has 3 N–H and O–H groups in total. The molecule has 0 spiro atoms. The van der Waals surface area contributed by atoms with Crippen LogP contribution >= 0.6 is 0 Å². The van der Waals surface area contributed by atoms with Crippen molar-refractivity contribution in [3.63, 3.8) is 0 Å². The maximum atomic E-state index is 13.3. The Labute approximate surface area is 213 Å². The van der Waals surface area contributed by atoms with Gasteiger partial charge in [0.15, 0.2) is 5.76 Å². The van der Waals surface area contributed by atoms with E-state index >= 15 is 0 Å². The minimum Gasteiger partial charge on any atom is -0.452 e. The Bertz CT molecular complexity index is 1450. The molecule has 0 radical (unpaired) electrons. The molecule has 2 atom stereocenters. The van der Waals surface area contributed by atoms with Crippen molar-refractivity contribution in [3.8, 4) is 5.75 Å². The summed E-state index contributed by atoms with van der Waals surface area (Å²) in [7, 11) is 1.96. The third kappa shape index (κ3) is 3.93. The summed E-state index contributed by atoms with van der Waals surface area (Å²) >= 11 is 0. The Hall–Kier alpha value is -3.89. The van der Waals surface area contributed by atoms with Gasteiger partial charge in [-0.15, -0.1) is 0 Å².